The second-order valence-corrected chi connectivity index (χ2v) is 12.9. The zero-order chi connectivity index (χ0) is 34.5. The molecule has 2 aromatic heterocycles. The summed E-state index contributed by atoms with van der Waals surface area (Å²) in [4.78, 5) is 40.5. The first-order chi connectivity index (χ1) is 23.7. The number of nitrogens with one attached hydrogen (secondary N) is 3. The van der Waals surface area contributed by atoms with E-state index in [4.69, 9.17) is 11.6 Å². The zero-order valence-corrected chi connectivity index (χ0v) is 27.9. The maximum Gasteiger partial charge on any atom is 0.411 e. The van der Waals surface area contributed by atoms with Gasteiger partial charge < -0.3 is 15.2 Å². The highest BCUT2D eigenvalue weighted by molar-refractivity contribution is 6.30. The van der Waals surface area contributed by atoms with Gasteiger partial charge in [0.25, 0.3) is 5.56 Å². The van der Waals surface area contributed by atoms with Gasteiger partial charge in [-0.3, -0.25) is 19.8 Å². The van der Waals surface area contributed by atoms with Crippen LogP contribution < -0.4 is 16.2 Å². The van der Waals surface area contributed by atoms with Crippen molar-refractivity contribution < 1.29 is 19.4 Å². The van der Waals surface area contributed by atoms with Crippen LogP contribution in [0.15, 0.2) is 65.7 Å². The first-order valence-corrected chi connectivity index (χ1v) is 16.6. The predicted octanol–water partition coefficient (Wildman–Crippen LogP) is 4.12. The highest BCUT2D eigenvalue weighted by Crippen LogP contribution is 2.57. The lowest BCUT2D eigenvalue weighted by Crippen LogP contribution is -2.45. The molecule has 1 aliphatic carbocycles. The minimum Gasteiger partial charge on any atom is -0.453 e. The molecule has 1 saturated carbocycles. The molecule has 3 heterocycles. The van der Waals surface area contributed by atoms with Crippen molar-refractivity contribution in [2.45, 2.75) is 50.8 Å². The molecule has 2 amide bonds. The molecule has 4 atom stereocenters. The summed E-state index contributed by atoms with van der Waals surface area (Å²) in [6, 6.07) is 13.7. The van der Waals surface area contributed by atoms with Crippen LogP contribution in [0.1, 0.15) is 50.3 Å². The number of rotatable bonds is 11. The minimum absolute atomic E-state index is 0.0160. The molecule has 6 rings (SSSR count). The van der Waals surface area contributed by atoms with Gasteiger partial charge >= 0.3 is 6.09 Å². The highest BCUT2D eigenvalue weighted by atomic mass is 35.5. The van der Waals surface area contributed by atoms with Crippen LogP contribution in [0, 0.1) is 11.8 Å². The third kappa shape index (κ3) is 7.56. The van der Waals surface area contributed by atoms with Crippen molar-refractivity contribution in [2.24, 2.45) is 11.8 Å². The summed E-state index contributed by atoms with van der Waals surface area (Å²) in [6.07, 6.45) is 7.49. The smallest absolute Gasteiger partial charge is 0.411 e. The Morgan fingerprint density at radius 3 is 2.78 bits per heavy atom. The number of hydrogen-bond acceptors (Lipinski definition) is 10. The molecule has 0 spiro atoms. The van der Waals surface area contributed by atoms with Gasteiger partial charge in [-0.2, -0.15) is 9.78 Å². The van der Waals surface area contributed by atoms with Crippen molar-refractivity contribution >= 4 is 35.4 Å². The Kier molecular flexibility index (Phi) is 10.2. The molecule has 1 saturated heterocycles. The molecular weight excluding hydrogens is 650 g/mol. The quantitative estimate of drug-likeness (QED) is 0.168. The number of nitrogens with zero attached hydrogens (tertiary/aromatic N) is 6. The number of aliphatic hydroxyl groups is 1. The average molecular weight is 688 g/mol. The van der Waals surface area contributed by atoms with Crippen LogP contribution >= 0.6 is 11.6 Å². The summed E-state index contributed by atoms with van der Waals surface area (Å²) in [5, 5.41) is 35.6. The van der Waals surface area contributed by atoms with Crippen LogP contribution in [0.4, 0.5) is 10.5 Å². The molecule has 4 aromatic rings. The molecule has 49 heavy (non-hydrogen) atoms. The van der Waals surface area contributed by atoms with E-state index in [1.807, 2.05) is 0 Å². The number of carbonyl (C=O) groups is 2. The second-order valence-electron chi connectivity index (χ2n) is 12.4. The first-order valence-electron chi connectivity index (χ1n) is 16.2. The molecule has 0 radical (unpaired) electrons. The van der Waals surface area contributed by atoms with Gasteiger partial charge in [-0.1, -0.05) is 37.1 Å². The SMILES string of the molecule is CCCC(O)N1CCCC([C@@H]2CC2(NC(=O)/C=C/c2cc(Cl)ccc2-n2cnnn2)c2cc(-c3ccc(NC(=O)OC)cc3)c(=O)[nH]n2)C1. The van der Waals surface area contributed by atoms with Crippen LogP contribution in [-0.2, 0) is 15.1 Å². The molecule has 0 bridgehead atoms. The van der Waals surface area contributed by atoms with Gasteiger partial charge in [0.2, 0.25) is 5.91 Å². The Morgan fingerprint density at radius 1 is 1.22 bits per heavy atom. The van der Waals surface area contributed by atoms with E-state index in [-0.39, 0.29) is 17.7 Å². The monoisotopic (exact) mass is 687 g/mol. The Bertz CT molecular complexity index is 1880. The third-order valence-corrected chi connectivity index (χ3v) is 9.51. The maximum atomic E-state index is 13.7. The van der Waals surface area contributed by atoms with Gasteiger partial charge in [-0.05, 0) is 96.0 Å². The maximum absolute atomic E-state index is 13.7. The fraction of sp³-hybridized carbons (Fsp3) is 0.382. The zero-order valence-electron chi connectivity index (χ0n) is 27.2. The Morgan fingerprint density at radius 2 is 2.04 bits per heavy atom. The number of hydrogen-bond donors (Lipinski definition) is 4. The van der Waals surface area contributed by atoms with Crippen molar-refractivity contribution in [3.63, 3.8) is 0 Å². The van der Waals surface area contributed by atoms with E-state index in [9.17, 15) is 19.5 Å². The minimum atomic E-state index is -0.858. The number of aliphatic hydroxyl groups excluding tert-OH is 1. The summed E-state index contributed by atoms with van der Waals surface area (Å²) in [5.74, 6) is -0.149. The number of anilines is 1. The highest BCUT2D eigenvalue weighted by Gasteiger charge is 2.61. The average Bonchev–Trinajstić information content (AvgIpc) is 3.56. The number of piperidine rings is 1. The first kappa shape index (κ1) is 34.0. The number of aromatic amines is 1. The number of H-pyrrole nitrogens is 1. The molecule has 14 nitrogen and oxygen atoms in total. The summed E-state index contributed by atoms with van der Waals surface area (Å²) in [7, 11) is 1.28. The number of ether oxygens (including phenoxy) is 1. The van der Waals surface area contributed by atoms with Crippen LogP contribution in [0.3, 0.4) is 0 Å². The van der Waals surface area contributed by atoms with E-state index in [1.165, 1.54) is 24.2 Å². The number of likely N-dealkylation sites (tertiary alicyclic amines) is 1. The number of aromatic nitrogens is 6. The lowest BCUT2D eigenvalue weighted by atomic mass is 9.89. The van der Waals surface area contributed by atoms with Crippen LogP contribution in [0.5, 0.6) is 0 Å². The van der Waals surface area contributed by atoms with Gasteiger partial charge in [-0.15, -0.1) is 5.10 Å². The van der Waals surface area contributed by atoms with Crippen molar-refractivity contribution in [1.29, 1.82) is 0 Å². The number of tetrazole rings is 1. The molecule has 3 unspecified atom stereocenters. The lowest BCUT2D eigenvalue weighted by Gasteiger charge is -2.37. The summed E-state index contributed by atoms with van der Waals surface area (Å²) in [6.45, 7) is 3.57. The number of halogens is 1. The molecule has 256 valence electrons. The number of benzene rings is 2. The van der Waals surface area contributed by atoms with Crippen molar-refractivity contribution in [2.75, 3.05) is 25.5 Å². The predicted molar refractivity (Wildman–Crippen MR) is 183 cm³/mol. The summed E-state index contributed by atoms with van der Waals surface area (Å²) >= 11 is 6.29. The van der Waals surface area contributed by atoms with Gasteiger partial charge in [-0.25, -0.2) is 9.89 Å². The number of methoxy groups -OCH3 is 1. The molecule has 4 N–H and O–H groups in total. The normalized spacial score (nSPS) is 21.3. The van der Waals surface area contributed by atoms with E-state index in [0.29, 0.717) is 58.2 Å². The molecule has 2 fully saturated rings. The van der Waals surface area contributed by atoms with Crippen LogP contribution in [-0.4, -0.2) is 78.8 Å². The number of amides is 2. The van der Waals surface area contributed by atoms with Crippen molar-refractivity contribution in [3.05, 3.63) is 87.6 Å². The summed E-state index contributed by atoms with van der Waals surface area (Å²) < 4.78 is 6.14. The van der Waals surface area contributed by atoms with Crippen LogP contribution in [0.25, 0.3) is 22.9 Å². The van der Waals surface area contributed by atoms with E-state index in [1.54, 1.807) is 54.6 Å². The Balaban J connectivity index is 1.31. The Labute approximate surface area is 287 Å². The largest absolute Gasteiger partial charge is 0.453 e. The van der Waals surface area contributed by atoms with E-state index in [0.717, 1.165) is 25.8 Å². The molecular formula is C34H38ClN9O5. The molecule has 1 aliphatic heterocycles. The van der Waals surface area contributed by atoms with E-state index in [2.05, 4.69) is 52.9 Å². The van der Waals surface area contributed by atoms with Gasteiger partial charge in [0.05, 0.1) is 29.6 Å². The molecule has 2 aromatic carbocycles. The van der Waals surface area contributed by atoms with Gasteiger partial charge in [0.1, 0.15) is 12.6 Å². The topological polar surface area (TPSA) is 180 Å². The standard InChI is InChI=1S/C34H38ClN9O5/c1-3-5-31(46)43-15-4-6-23(19-43)27-18-34(27,38-30(45)14-9-22-16-24(35)10-13-28(22)44-20-36-41-42-44)29-17-26(32(47)40-39-29)21-7-11-25(12-8-21)37-33(48)49-2/h7-14,16-17,20,23,27,31,46H,3-6,15,18-19H2,1-2H3,(H,37,48)(H,38,45)(H,40,47)/b14-9+/t23?,27-,31?,34?/m0/s1. The third-order valence-electron chi connectivity index (χ3n) is 9.28. The van der Waals surface area contributed by atoms with Gasteiger partial charge in [0, 0.05) is 35.4 Å². The van der Waals surface area contributed by atoms with Crippen LogP contribution in [0.2, 0.25) is 5.02 Å². The lowest BCUT2D eigenvalue weighted by molar-refractivity contribution is -0.117. The summed E-state index contributed by atoms with van der Waals surface area (Å²) in [5.41, 5.74) is 2.06. The second kappa shape index (κ2) is 14.7. The molecule has 2 aliphatic rings. The van der Waals surface area contributed by atoms with E-state index < -0.39 is 23.4 Å². The fourth-order valence-electron chi connectivity index (χ4n) is 6.76. The fourth-order valence-corrected chi connectivity index (χ4v) is 6.94. The van der Waals surface area contributed by atoms with E-state index >= 15 is 0 Å². The van der Waals surface area contributed by atoms with Crippen molar-refractivity contribution in [1.82, 2.24) is 40.6 Å². The molecule has 15 heteroatoms. The van der Waals surface area contributed by atoms with Gasteiger partial charge in [0.15, 0.2) is 0 Å². The Hall–Kier alpha value is -4.92. The number of carbonyl (C=O) groups excluding carboxylic acids is 2. The van der Waals surface area contributed by atoms with Crippen molar-refractivity contribution in [3.8, 4) is 16.8 Å².